The summed E-state index contributed by atoms with van der Waals surface area (Å²) in [5.74, 6) is -0.257. The smallest absolute Gasteiger partial charge is 0.280 e. The number of carbonyl (C=O) groups excluding carboxylic acids is 1. The van der Waals surface area contributed by atoms with Gasteiger partial charge in [0.05, 0.1) is 11.1 Å². The third-order valence-electron chi connectivity index (χ3n) is 3.54. The van der Waals surface area contributed by atoms with Crippen molar-refractivity contribution in [2.45, 2.75) is 13.1 Å². The van der Waals surface area contributed by atoms with Gasteiger partial charge in [-0.3, -0.25) is 9.36 Å². The third-order valence-corrected chi connectivity index (χ3v) is 3.54. The number of nitrogens with zero attached hydrogens (tertiary/aromatic N) is 1. The van der Waals surface area contributed by atoms with Crippen molar-refractivity contribution in [1.82, 2.24) is 4.57 Å². The Kier molecular flexibility index (Phi) is 3.28. The molecule has 0 N–H and O–H groups in total. The van der Waals surface area contributed by atoms with Crippen molar-refractivity contribution in [3.05, 3.63) is 71.4 Å². The number of hydrogen-bond acceptors (Lipinski definition) is 1. The van der Waals surface area contributed by atoms with Gasteiger partial charge in [-0.1, -0.05) is 18.2 Å². The van der Waals surface area contributed by atoms with E-state index < -0.39 is 11.7 Å². The molecule has 0 spiro atoms. The van der Waals surface area contributed by atoms with Crippen LogP contribution < -0.4 is 0 Å². The van der Waals surface area contributed by atoms with Crippen LogP contribution >= 0.6 is 0 Å². The fraction of sp³-hybridized carbons (Fsp3) is 0.118. The second kappa shape index (κ2) is 5.02. The first kappa shape index (κ1) is 14.4. The van der Waals surface area contributed by atoms with E-state index in [1.807, 2.05) is 0 Å². The van der Waals surface area contributed by atoms with E-state index in [1.54, 1.807) is 43.3 Å². The summed E-state index contributed by atoms with van der Waals surface area (Å²) in [6, 6.07) is 13.6. The molecule has 3 aromatic rings. The molecule has 0 amide bonds. The summed E-state index contributed by atoms with van der Waals surface area (Å²) in [4.78, 5) is 12.6. The van der Waals surface area contributed by atoms with Gasteiger partial charge in [-0.05, 0) is 43.3 Å². The number of aryl methyl sites for hydroxylation is 1. The summed E-state index contributed by atoms with van der Waals surface area (Å²) in [5, 5.41) is 0.400. The number of benzene rings is 2. The van der Waals surface area contributed by atoms with Gasteiger partial charge < -0.3 is 0 Å². The maximum absolute atomic E-state index is 12.8. The van der Waals surface area contributed by atoms with Crippen molar-refractivity contribution in [2.24, 2.45) is 0 Å². The molecule has 0 saturated heterocycles. The van der Waals surface area contributed by atoms with Gasteiger partial charge in [-0.2, -0.15) is 13.2 Å². The molecule has 1 heterocycles. The normalized spacial score (nSPS) is 11.8. The summed E-state index contributed by atoms with van der Waals surface area (Å²) in [6.07, 6.45) is -4.40. The van der Waals surface area contributed by atoms with Crippen LogP contribution in [-0.2, 0) is 6.18 Å². The van der Waals surface area contributed by atoms with Crippen molar-refractivity contribution in [3.8, 4) is 0 Å². The van der Waals surface area contributed by atoms with E-state index >= 15 is 0 Å². The number of carbonyl (C=O) groups is 1. The maximum Gasteiger partial charge on any atom is 0.416 e. The van der Waals surface area contributed by atoms with Crippen LogP contribution in [0.1, 0.15) is 21.6 Å². The first-order chi connectivity index (χ1) is 10.4. The van der Waals surface area contributed by atoms with Gasteiger partial charge in [0.25, 0.3) is 5.91 Å². The number of alkyl halides is 3. The lowest BCUT2D eigenvalue weighted by Gasteiger charge is -2.09. The predicted molar refractivity (Wildman–Crippen MR) is 77.8 cm³/mol. The van der Waals surface area contributed by atoms with E-state index in [0.717, 1.165) is 12.1 Å². The Hall–Kier alpha value is -2.56. The molecule has 22 heavy (non-hydrogen) atoms. The highest BCUT2D eigenvalue weighted by molar-refractivity contribution is 6.03. The summed E-state index contributed by atoms with van der Waals surface area (Å²) >= 11 is 0. The molecule has 0 saturated carbocycles. The van der Waals surface area contributed by atoms with E-state index in [2.05, 4.69) is 0 Å². The van der Waals surface area contributed by atoms with E-state index in [9.17, 15) is 18.0 Å². The Morgan fingerprint density at radius 2 is 1.68 bits per heavy atom. The Labute approximate surface area is 124 Å². The van der Waals surface area contributed by atoms with E-state index in [4.69, 9.17) is 0 Å². The predicted octanol–water partition coefficient (Wildman–Crippen LogP) is 4.66. The molecule has 0 bridgehead atoms. The SMILES string of the molecule is Cc1cc2cc(C(F)(F)F)ccc2n1C(=O)c1ccccc1. The van der Waals surface area contributed by atoms with Crippen molar-refractivity contribution in [1.29, 1.82) is 0 Å². The number of aromatic nitrogens is 1. The van der Waals surface area contributed by atoms with Crippen molar-refractivity contribution >= 4 is 16.8 Å². The molecule has 0 atom stereocenters. The molecule has 2 nitrogen and oxygen atoms in total. The second-order valence-corrected chi connectivity index (χ2v) is 5.06. The molecule has 1 aromatic heterocycles. The summed E-state index contributed by atoms with van der Waals surface area (Å²) in [7, 11) is 0. The standard InChI is InChI=1S/C17H12F3NO/c1-11-9-13-10-14(17(18,19)20)7-8-15(13)21(11)16(22)12-5-3-2-4-6-12/h2-10H,1H3. The fourth-order valence-corrected chi connectivity index (χ4v) is 2.51. The minimum Gasteiger partial charge on any atom is -0.280 e. The third kappa shape index (κ3) is 2.39. The van der Waals surface area contributed by atoms with Crippen LogP contribution in [0.2, 0.25) is 0 Å². The number of hydrogen-bond donors (Lipinski definition) is 0. The molecule has 112 valence electrons. The molecule has 0 aliphatic rings. The lowest BCUT2D eigenvalue weighted by molar-refractivity contribution is -0.137. The molecule has 0 aliphatic heterocycles. The Morgan fingerprint density at radius 1 is 1.00 bits per heavy atom. The molecule has 3 rings (SSSR count). The van der Waals surface area contributed by atoms with Crippen LogP contribution in [0.15, 0.2) is 54.6 Å². The van der Waals surface area contributed by atoms with Crippen molar-refractivity contribution in [2.75, 3.05) is 0 Å². The quantitative estimate of drug-likeness (QED) is 0.641. The molecule has 0 unspecified atom stereocenters. The highest BCUT2D eigenvalue weighted by atomic mass is 19.4. The first-order valence-electron chi connectivity index (χ1n) is 6.67. The van der Waals surface area contributed by atoms with Gasteiger partial charge in [-0.15, -0.1) is 0 Å². The van der Waals surface area contributed by atoms with Crippen LogP contribution in [0.25, 0.3) is 10.9 Å². The average Bonchev–Trinajstić information content (AvgIpc) is 2.81. The first-order valence-corrected chi connectivity index (χ1v) is 6.67. The zero-order valence-corrected chi connectivity index (χ0v) is 11.7. The van der Waals surface area contributed by atoms with Crippen LogP contribution in [0.3, 0.4) is 0 Å². The number of halogens is 3. The van der Waals surface area contributed by atoms with Crippen LogP contribution in [0.5, 0.6) is 0 Å². The van der Waals surface area contributed by atoms with Crippen LogP contribution in [-0.4, -0.2) is 10.5 Å². The largest absolute Gasteiger partial charge is 0.416 e. The lowest BCUT2D eigenvalue weighted by Crippen LogP contribution is -2.13. The van der Waals surface area contributed by atoms with Crippen molar-refractivity contribution < 1.29 is 18.0 Å². The number of rotatable bonds is 1. The summed E-state index contributed by atoms with van der Waals surface area (Å²) in [5.41, 5.74) is 0.842. The van der Waals surface area contributed by atoms with Crippen LogP contribution in [0, 0.1) is 6.92 Å². The zero-order valence-electron chi connectivity index (χ0n) is 11.7. The minimum atomic E-state index is -4.40. The molecule has 0 aliphatic carbocycles. The zero-order chi connectivity index (χ0) is 15.9. The lowest BCUT2D eigenvalue weighted by atomic mass is 10.1. The highest BCUT2D eigenvalue weighted by Crippen LogP contribution is 2.32. The molecule has 5 heteroatoms. The van der Waals surface area contributed by atoms with Gasteiger partial charge in [0.2, 0.25) is 0 Å². The van der Waals surface area contributed by atoms with Gasteiger partial charge in [-0.25, -0.2) is 0 Å². The van der Waals surface area contributed by atoms with Crippen LogP contribution in [0.4, 0.5) is 13.2 Å². The maximum atomic E-state index is 12.8. The summed E-state index contributed by atoms with van der Waals surface area (Å²) < 4.78 is 39.8. The van der Waals surface area contributed by atoms with E-state index in [1.165, 1.54) is 10.6 Å². The molecule has 0 radical (unpaired) electrons. The molecule has 2 aromatic carbocycles. The average molecular weight is 303 g/mol. The van der Waals surface area contributed by atoms with Gasteiger partial charge in [0, 0.05) is 16.6 Å². The Morgan fingerprint density at radius 3 is 2.32 bits per heavy atom. The number of fused-ring (bicyclic) bond motifs is 1. The van der Waals surface area contributed by atoms with Crippen molar-refractivity contribution in [3.63, 3.8) is 0 Å². The summed E-state index contributed by atoms with van der Waals surface area (Å²) in [6.45, 7) is 1.70. The van der Waals surface area contributed by atoms with Gasteiger partial charge >= 0.3 is 6.18 Å². The second-order valence-electron chi connectivity index (χ2n) is 5.06. The van der Waals surface area contributed by atoms with E-state index in [0.29, 0.717) is 22.2 Å². The molecular weight excluding hydrogens is 291 g/mol. The monoisotopic (exact) mass is 303 g/mol. The topological polar surface area (TPSA) is 22.0 Å². The Balaban J connectivity index is 2.15. The van der Waals surface area contributed by atoms with Gasteiger partial charge in [0.1, 0.15) is 0 Å². The van der Waals surface area contributed by atoms with E-state index in [-0.39, 0.29) is 5.91 Å². The highest BCUT2D eigenvalue weighted by Gasteiger charge is 2.31. The molecular formula is C17H12F3NO. The minimum absolute atomic E-state index is 0.257. The molecule has 0 fully saturated rings. The Bertz CT molecular complexity index is 847. The van der Waals surface area contributed by atoms with Gasteiger partial charge in [0.15, 0.2) is 0 Å². The fourth-order valence-electron chi connectivity index (χ4n) is 2.51.